The van der Waals surface area contributed by atoms with Gasteiger partial charge in [-0.25, -0.2) is 0 Å². The SMILES string of the molecule is CCn1nccc1[C@@H]1OCC[C@H]1CNCc1c(C)n[nH]c1C. The van der Waals surface area contributed by atoms with Crippen molar-refractivity contribution < 1.29 is 4.74 Å². The van der Waals surface area contributed by atoms with E-state index >= 15 is 0 Å². The van der Waals surface area contributed by atoms with E-state index in [-0.39, 0.29) is 6.10 Å². The molecule has 2 atom stereocenters. The van der Waals surface area contributed by atoms with E-state index in [4.69, 9.17) is 4.74 Å². The van der Waals surface area contributed by atoms with Gasteiger partial charge < -0.3 is 10.1 Å². The number of nitrogens with zero attached hydrogens (tertiary/aromatic N) is 3. The fraction of sp³-hybridized carbons (Fsp3) is 0.625. The number of H-pyrrole nitrogens is 1. The second kappa shape index (κ2) is 6.62. The van der Waals surface area contributed by atoms with Gasteiger partial charge >= 0.3 is 0 Å². The van der Waals surface area contributed by atoms with E-state index in [1.165, 1.54) is 11.3 Å². The zero-order chi connectivity index (χ0) is 15.5. The molecule has 0 saturated carbocycles. The topological polar surface area (TPSA) is 67.8 Å². The van der Waals surface area contributed by atoms with Gasteiger partial charge in [-0.15, -0.1) is 0 Å². The number of rotatable bonds is 6. The summed E-state index contributed by atoms with van der Waals surface area (Å²) in [5, 5.41) is 15.2. The summed E-state index contributed by atoms with van der Waals surface area (Å²) in [6.07, 6.45) is 3.11. The molecule has 2 aromatic rings. The molecular formula is C16H25N5O. The molecule has 0 amide bonds. The van der Waals surface area contributed by atoms with Gasteiger partial charge in [0.15, 0.2) is 0 Å². The lowest BCUT2D eigenvalue weighted by molar-refractivity contribution is 0.0830. The standard InChI is InChI=1S/C16H25N5O/c1-4-21-15(5-7-18-21)16-13(6-8-22-16)9-17-10-14-11(2)19-20-12(14)3/h5,7,13,16-17H,4,6,8-10H2,1-3H3,(H,19,20)/t13-,16+/m0/s1. The molecule has 1 saturated heterocycles. The molecule has 2 N–H and O–H groups in total. The van der Waals surface area contributed by atoms with Gasteiger partial charge in [-0.3, -0.25) is 9.78 Å². The number of aromatic nitrogens is 4. The van der Waals surface area contributed by atoms with Crippen LogP contribution in [-0.4, -0.2) is 33.1 Å². The molecule has 6 heteroatoms. The van der Waals surface area contributed by atoms with E-state index in [1.807, 2.05) is 17.8 Å². The van der Waals surface area contributed by atoms with Crippen molar-refractivity contribution in [1.82, 2.24) is 25.3 Å². The highest BCUT2D eigenvalue weighted by atomic mass is 16.5. The van der Waals surface area contributed by atoms with Gasteiger partial charge in [0.25, 0.3) is 0 Å². The highest BCUT2D eigenvalue weighted by Gasteiger charge is 2.31. The molecule has 0 unspecified atom stereocenters. The minimum absolute atomic E-state index is 0.154. The number of hydrogen-bond donors (Lipinski definition) is 2. The monoisotopic (exact) mass is 303 g/mol. The van der Waals surface area contributed by atoms with Crippen LogP contribution in [0.3, 0.4) is 0 Å². The Morgan fingerprint density at radius 2 is 2.32 bits per heavy atom. The van der Waals surface area contributed by atoms with Gasteiger partial charge in [-0.05, 0) is 33.3 Å². The van der Waals surface area contributed by atoms with Crippen molar-refractivity contribution in [3.8, 4) is 0 Å². The summed E-state index contributed by atoms with van der Waals surface area (Å²) in [5.41, 5.74) is 4.69. The van der Waals surface area contributed by atoms with Crippen LogP contribution >= 0.6 is 0 Å². The Bertz CT molecular complexity index is 598. The summed E-state index contributed by atoms with van der Waals surface area (Å²) in [6.45, 7) is 9.74. The van der Waals surface area contributed by atoms with Crippen LogP contribution in [0, 0.1) is 19.8 Å². The fourth-order valence-electron chi connectivity index (χ4n) is 3.24. The summed E-state index contributed by atoms with van der Waals surface area (Å²) < 4.78 is 8.00. The van der Waals surface area contributed by atoms with Crippen molar-refractivity contribution in [2.45, 2.75) is 46.4 Å². The third-order valence-electron chi connectivity index (χ3n) is 4.54. The van der Waals surface area contributed by atoms with E-state index in [2.05, 4.69) is 40.5 Å². The Labute approximate surface area is 131 Å². The fourth-order valence-corrected chi connectivity index (χ4v) is 3.24. The van der Waals surface area contributed by atoms with Gasteiger partial charge in [0.1, 0.15) is 6.10 Å². The molecule has 1 aliphatic heterocycles. The van der Waals surface area contributed by atoms with Crippen LogP contribution in [0.2, 0.25) is 0 Å². The molecule has 1 aliphatic rings. The second-order valence-corrected chi connectivity index (χ2v) is 5.96. The van der Waals surface area contributed by atoms with Crippen molar-refractivity contribution in [2.75, 3.05) is 13.2 Å². The molecule has 6 nitrogen and oxygen atoms in total. The zero-order valence-corrected chi connectivity index (χ0v) is 13.6. The van der Waals surface area contributed by atoms with E-state index in [0.717, 1.165) is 44.0 Å². The van der Waals surface area contributed by atoms with Gasteiger partial charge in [0.2, 0.25) is 0 Å². The molecular weight excluding hydrogens is 278 g/mol. The third kappa shape index (κ3) is 2.94. The molecule has 120 valence electrons. The maximum atomic E-state index is 5.97. The Morgan fingerprint density at radius 1 is 1.45 bits per heavy atom. The van der Waals surface area contributed by atoms with Crippen molar-refractivity contribution in [3.63, 3.8) is 0 Å². The van der Waals surface area contributed by atoms with Gasteiger partial charge in [0.05, 0.1) is 11.4 Å². The largest absolute Gasteiger partial charge is 0.372 e. The van der Waals surface area contributed by atoms with E-state index in [1.54, 1.807) is 0 Å². The number of nitrogens with one attached hydrogen (secondary N) is 2. The Balaban J connectivity index is 1.60. The molecule has 2 aromatic heterocycles. The normalized spacial score (nSPS) is 21.6. The number of ether oxygens (including phenoxy) is 1. The summed E-state index contributed by atoms with van der Waals surface area (Å²) in [4.78, 5) is 0. The first-order valence-corrected chi connectivity index (χ1v) is 8.05. The predicted octanol–water partition coefficient (Wildman–Crippen LogP) is 2.11. The van der Waals surface area contributed by atoms with Crippen LogP contribution in [0.1, 0.15) is 42.1 Å². The molecule has 0 spiro atoms. The second-order valence-electron chi connectivity index (χ2n) is 5.96. The lowest BCUT2D eigenvalue weighted by Crippen LogP contribution is -2.26. The maximum Gasteiger partial charge on any atom is 0.103 e. The number of aromatic amines is 1. The van der Waals surface area contributed by atoms with Gasteiger partial charge in [0, 0.05) is 49.6 Å². The molecule has 0 aromatic carbocycles. The van der Waals surface area contributed by atoms with Crippen LogP contribution in [0.5, 0.6) is 0 Å². The zero-order valence-electron chi connectivity index (χ0n) is 13.6. The first kappa shape index (κ1) is 15.2. The first-order chi connectivity index (χ1) is 10.7. The lowest BCUT2D eigenvalue weighted by atomic mass is 9.98. The van der Waals surface area contributed by atoms with E-state index in [9.17, 15) is 0 Å². The summed E-state index contributed by atoms with van der Waals surface area (Å²) in [5.74, 6) is 0.495. The third-order valence-corrected chi connectivity index (χ3v) is 4.54. The molecule has 0 aliphatic carbocycles. The van der Waals surface area contributed by atoms with Crippen molar-refractivity contribution >= 4 is 0 Å². The molecule has 1 fully saturated rings. The molecule has 0 bridgehead atoms. The minimum atomic E-state index is 0.154. The smallest absolute Gasteiger partial charge is 0.103 e. The van der Waals surface area contributed by atoms with Crippen LogP contribution in [0.15, 0.2) is 12.3 Å². The molecule has 3 heterocycles. The Kier molecular flexibility index (Phi) is 4.59. The highest BCUT2D eigenvalue weighted by molar-refractivity contribution is 5.22. The number of hydrogen-bond acceptors (Lipinski definition) is 4. The van der Waals surface area contributed by atoms with E-state index < -0.39 is 0 Å². The number of aryl methyl sites for hydroxylation is 3. The van der Waals surface area contributed by atoms with E-state index in [0.29, 0.717) is 5.92 Å². The van der Waals surface area contributed by atoms with Gasteiger partial charge in [-0.1, -0.05) is 0 Å². The van der Waals surface area contributed by atoms with Crippen molar-refractivity contribution in [1.29, 1.82) is 0 Å². The average Bonchev–Trinajstić information content (AvgIpc) is 3.22. The molecule has 0 radical (unpaired) electrons. The summed E-state index contributed by atoms with van der Waals surface area (Å²) >= 11 is 0. The van der Waals surface area contributed by atoms with Crippen LogP contribution in [0.25, 0.3) is 0 Å². The average molecular weight is 303 g/mol. The lowest BCUT2D eigenvalue weighted by Gasteiger charge is -2.20. The highest BCUT2D eigenvalue weighted by Crippen LogP contribution is 2.34. The Morgan fingerprint density at radius 3 is 3.05 bits per heavy atom. The first-order valence-electron chi connectivity index (χ1n) is 8.05. The minimum Gasteiger partial charge on any atom is -0.372 e. The Hall–Kier alpha value is -1.66. The summed E-state index contributed by atoms with van der Waals surface area (Å²) in [7, 11) is 0. The van der Waals surface area contributed by atoms with Crippen molar-refractivity contribution in [3.05, 3.63) is 34.9 Å². The van der Waals surface area contributed by atoms with Crippen LogP contribution in [-0.2, 0) is 17.8 Å². The quantitative estimate of drug-likeness (QED) is 0.857. The summed E-state index contributed by atoms with van der Waals surface area (Å²) in [6, 6.07) is 2.08. The van der Waals surface area contributed by atoms with Gasteiger partial charge in [-0.2, -0.15) is 10.2 Å². The predicted molar refractivity (Wildman–Crippen MR) is 84.5 cm³/mol. The molecule has 22 heavy (non-hydrogen) atoms. The van der Waals surface area contributed by atoms with Crippen LogP contribution in [0.4, 0.5) is 0 Å². The van der Waals surface area contributed by atoms with Crippen LogP contribution < -0.4 is 5.32 Å². The van der Waals surface area contributed by atoms with Crippen molar-refractivity contribution in [2.24, 2.45) is 5.92 Å². The molecule has 3 rings (SSSR count). The maximum absolute atomic E-state index is 5.97.